The number of carbonyl (C=O) groups is 1. The first kappa shape index (κ1) is 21.4. The molecule has 0 aliphatic rings. The number of hydrogen-bond acceptors (Lipinski definition) is 4. The molecule has 0 aromatic heterocycles. The summed E-state index contributed by atoms with van der Waals surface area (Å²) in [4.78, 5) is 12.4. The van der Waals surface area contributed by atoms with E-state index in [4.69, 9.17) is 14.6 Å². The molecule has 132 valence electrons. The highest BCUT2D eigenvalue weighted by Crippen LogP contribution is 2.36. The zero-order valence-electron chi connectivity index (χ0n) is 15.8. The fourth-order valence-electron chi connectivity index (χ4n) is 2.26. The maximum absolute atomic E-state index is 12.4. The first-order valence-electron chi connectivity index (χ1n) is 8.20. The molecule has 0 saturated heterocycles. The lowest BCUT2D eigenvalue weighted by Crippen LogP contribution is -2.34. The van der Waals surface area contributed by atoms with Gasteiger partial charge in [-0.15, -0.1) is 0 Å². The van der Waals surface area contributed by atoms with Crippen molar-refractivity contribution in [2.24, 2.45) is 16.7 Å². The first-order valence-corrected chi connectivity index (χ1v) is 8.20. The molecule has 1 unspecified atom stereocenters. The predicted octanol–water partition coefficient (Wildman–Crippen LogP) is 3.81. The van der Waals surface area contributed by atoms with Gasteiger partial charge in [-0.2, -0.15) is 0 Å². The first-order chi connectivity index (χ1) is 9.78. The lowest BCUT2D eigenvalue weighted by Gasteiger charge is -2.34. The summed E-state index contributed by atoms with van der Waals surface area (Å²) in [5.74, 6) is -0.274. The summed E-state index contributed by atoms with van der Waals surface area (Å²) in [6.45, 7) is 17.2. The lowest BCUT2D eigenvalue weighted by molar-refractivity contribution is -0.157. The third-order valence-electron chi connectivity index (χ3n) is 3.68. The van der Waals surface area contributed by atoms with Gasteiger partial charge in [0.1, 0.15) is 6.61 Å². The quantitative estimate of drug-likeness (QED) is 0.546. The van der Waals surface area contributed by atoms with Crippen molar-refractivity contribution in [1.82, 2.24) is 0 Å². The van der Waals surface area contributed by atoms with Gasteiger partial charge in [-0.05, 0) is 37.5 Å². The van der Waals surface area contributed by atoms with Gasteiger partial charge in [0.25, 0.3) is 0 Å². The van der Waals surface area contributed by atoms with Gasteiger partial charge in [0.15, 0.2) is 0 Å². The van der Waals surface area contributed by atoms with Crippen LogP contribution < -0.4 is 0 Å². The molecule has 0 saturated carbocycles. The normalized spacial score (nSPS) is 14.8. The Morgan fingerprint density at radius 3 is 1.95 bits per heavy atom. The standard InChI is InChI=1S/C18H36O4/c1-16(2,3)13-14(17(4,5)6)15(20)21-11-12-22-18(7,8)9-10-19/h14,19H,9-13H2,1-8H3. The predicted molar refractivity (Wildman–Crippen MR) is 89.7 cm³/mol. The van der Waals surface area contributed by atoms with Gasteiger partial charge in [-0.1, -0.05) is 41.5 Å². The van der Waals surface area contributed by atoms with Crippen LogP contribution in [0.3, 0.4) is 0 Å². The molecular weight excluding hydrogens is 280 g/mol. The number of esters is 1. The van der Waals surface area contributed by atoms with Crippen LogP contribution in [0.1, 0.15) is 68.2 Å². The van der Waals surface area contributed by atoms with Crippen molar-refractivity contribution in [3.05, 3.63) is 0 Å². The fraction of sp³-hybridized carbons (Fsp3) is 0.944. The molecule has 4 heteroatoms. The van der Waals surface area contributed by atoms with E-state index in [1.54, 1.807) is 0 Å². The number of ether oxygens (including phenoxy) is 2. The summed E-state index contributed by atoms with van der Waals surface area (Å²) in [5.41, 5.74) is -0.437. The van der Waals surface area contributed by atoms with Gasteiger partial charge < -0.3 is 14.6 Å². The molecule has 0 aromatic carbocycles. The van der Waals surface area contributed by atoms with Crippen LogP contribution in [0.15, 0.2) is 0 Å². The topological polar surface area (TPSA) is 55.8 Å². The minimum absolute atomic E-state index is 0.0799. The van der Waals surface area contributed by atoms with E-state index in [1.807, 2.05) is 13.8 Å². The molecule has 1 atom stereocenters. The molecule has 4 nitrogen and oxygen atoms in total. The Kier molecular flexibility index (Phi) is 8.07. The zero-order valence-corrected chi connectivity index (χ0v) is 15.8. The van der Waals surface area contributed by atoms with Gasteiger partial charge >= 0.3 is 5.97 Å². The van der Waals surface area contributed by atoms with Gasteiger partial charge in [0.05, 0.1) is 18.1 Å². The van der Waals surface area contributed by atoms with Crippen molar-refractivity contribution < 1.29 is 19.4 Å². The molecule has 1 N–H and O–H groups in total. The molecule has 0 bridgehead atoms. The summed E-state index contributed by atoms with van der Waals surface area (Å²) in [6.07, 6.45) is 1.36. The molecule has 0 radical (unpaired) electrons. The fourth-order valence-corrected chi connectivity index (χ4v) is 2.26. The summed E-state index contributed by atoms with van der Waals surface area (Å²) in [7, 11) is 0. The Bertz CT molecular complexity index is 334. The molecular formula is C18H36O4. The Morgan fingerprint density at radius 1 is 1.00 bits per heavy atom. The molecule has 0 amide bonds. The van der Waals surface area contributed by atoms with Crippen molar-refractivity contribution in [2.75, 3.05) is 19.8 Å². The molecule has 0 rings (SSSR count). The van der Waals surface area contributed by atoms with Gasteiger partial charge in [0.2, 0.25) is 0 Å². The van der Waals surface area contributed by atoms with Gasteiger partial charge in [-0.3, -0.25) is 4.79 Å². The monoisotopic (exact) mass is 316 g/mol. The molecule has 0 fully saturated rings. The number of hydrogen-bond donors (Lipinski definition) is 1. The van der Waals surface area contributed by atoms with E-state index in [9.17, 15) is 4.79 Å². The third-order valence-corrected chi connectivity index (χ3v) is 3.68. The summed E-state index contributed by atoms with van der Waals surface area (Å²) < 4.78 is 11.1. The van der Waals surface area contributed by atoms with Gasteiger partial charge in [0, 0.05) is 6.61 Å². The second-order valence-electron chi connectivity index (χ2n) is 8.93. The van der Waals surface area contributed by atoms with E-state index >= 15 is 0 Å². The second kappa shape index (κ2) is 8.30. The maximum atomic E-state index is 12.4. The molecule has 0 aromatic rings. The highest BCUT2D eigenvalue weighted by Gasteiger charge is 2.35. The maximum Gasteiger partial charge on any atom is 0.309 e. The summed E-state index contributed by atoms with van der Waals surface area (Å²) >= 11 is 0. The molecule has 0 heterocycles. The minimum atomic E-state index is -0.393. The highest BCUT2D eigenvalue weighted by atomic mass is 16.6. The third kappa shape index (κ3) is 9.42. The molecule has 22 heavy (non-hydrogen) atoms. The van der Waals surface area contributed by atoms with Crippen LogP contribution in [-0.4, -0.2) is 36.5 Å². The number of carbonyl (C=O) groups excluding carboxylic acids is 1. The average Bonchev–Trinajstić information content (AvgIpc) is 2.29. The zero-order chi connectivity index (χ0) is 17.6. The van der Waals surface area contributed by atoms with Crippen molar-refractivity contribution >= 4 is 5.97 Å². The van der Waals surface area contributed by atoms with E-state index in [0.29, 0.717) is 13.0 Å². The van der Waals surface area contributed by atoms with Crippen molar-refractivity contribution in [2.45, 2.75) is 73.8 Å². The molecule has 0 aliphatic heterocycles. The number of aliphatic hydroxyl groups excluding tert-OH is 1. The van der Waals surface area contributed by atoms with Gasteiger partial charge in [-0.25, -0.2) is 0 Å². The van der Waals surface area contributed by atoms with E-state index in [2.05, 4.69) is 41.5 Å². The number of rotatable bonds is 8. The van der Waals surface area contributed by atoms with Crippen LogP contribution in [0, 0.1) is 16.7 Å². The molecule has 0 aliphatic carbocycles. The van der Waals surface area contributed by atoms with E-state index < -0.39 is 5.60 Å². The minimum Gasteiger partial charge on any atom is -0.463 e. The second-order valence-corrected chi connectivity index (χ2v) is 8.93. The van der Waals surface area contributed by atoms with Crippen LogP contribution in [0.2, 0.25) is 0 Å². The van der Waals surface area contributed by atoms with Crippen LogP contribution in [-0.2, 0) is 14.3 Å². The smallest absolute Gasteiger partial charge is 0.309 e. The van der Waals surface area contributed by atoms with Crippen LogP contribution in [0.25, 0.3) is 0 Å². The van der Waals surface area contributed by atoms with E-state index in [0.717, 1.165) is 6.42 Å². The van der Waals surface area contributed by atoms with E-state index in [-0.39, 0.29) is 35.9 Å². The average molecular weight is 316 g/mol. The van der Waals surface area contributed by atoms with Crippen molar-refractivity contribution in [3.8, 4) is 0 Å². The largest absolute Gasteiger partial charge is 0.463 e. The Labute approximate surface area is 136 Å². The lowest BCUT2D eigenvalue weighted by atomic mass is 9.72. The Hall–Kier alpha value is -0.610. The highest BCUT2D eigenvalue weighted by molar-refractivity contribution is 5.73. The van der Waals surface area contributed by atoms with E-state index in [1.165, 1.54) is 0 Å². The van der Waals surface area contributed by atoms with Crippen molar-refractivity contribution in [3.63, 3.8) is 0 Å². The molecule has 0 spiro atoms. The SMILES string of the molecule is CC(C)(C)CC(C(=O)OCCOC(C)(C)CCO)C(C)(C)C. The summed E-state index contributed by atoms with van der Waals surface area (Å²) in [6, 6.07) is 0. The van der Waals surface area contributed by atoms with Crippen molar-refractivity contribution in [1.29, 1.82) is 0 Å². The number of aliphatic hydroxyl groups is 1. The van der Waals surface area contributed by atoms with Crippen LogP contribution >= 0.6 is 0 Å². The summed E-state index contributed by atoms with van der Waals surface area (Å²) in [5, 5.41) is 8.95. The van der Waals surface area contributed by atoms with Crippen LogP contribution in [0.5, 0.6) is 0 Å². The Morgan fingerprint density at radius 2 is 1.55 bits per heavy atom. The van der Waals surface area contributed by atoms with Crippen LogP contribution in [0.4, 0.5) is 0 Å². The Balaban J connectivity index is 4.42.